The Morgan fingerprint density at radius 1 is 1.40 bits per heavy atom. The normalized spacial score (nSPS) is 10.8. The lowest BCUT2D eigenvalue weighted by molar-refractivity contribution is 0.0992. The first-order valence-corrected chi connectivity index (χ1v) is 6.89. The van der Waals surface area contributed by atoms with Gasteiger partial charge in [-0.15, -0.1) is 0 Å². The summed E-state index contributed by atoms with van der Waals surface area (Å²) < 4.78 is 7.43. The van der Waals surface area contributed by atoms with Crippen LogP contribution >= 0.6 is 0 Å². The molecule has 0 radical (unpaired) electrons. The van der Waals surface area contributed by atoms with Crippen LogP contribution in [0.3, 0.4) is 0 Å². The first-order chi connectivity index (χ1) is 9.58. The number of hydrogen-bond acceptors (Lipinski definition) is 3. The van der Waals surface area contributed by atoms with Crippen LogP contribution in [0.25, 0.3) is 0 Å². The predicted octanol–water partition coefficient (Wildman–Crippen LogP) is 3.12. The highest BCUT2D eigenvalue weighted by atomic mass is 16.5. The van der Waals surface area contributed by atoms with Crippen molar-refractivity contribution in [2.45, 2.75) is 39.8 Å². The number of carbonyl (C=O) groups is 1. The van der Waals surface area contributed by atoms with Gasteiger partial charge in [0.15, 0.2) is 5.78 Å². The summed E-state index contributed by atoms with van der Waals surface area (Å²) in [5.74, 6) is 0.810. The molecule has 1 aromatic heterocycles. The summed E-state index contributed by atoms with van der Waals surface area (Å²) in [6, 6.07) is 7.33. The summed E-state index contributed by atoms with van der Waals surface area (Å²) in [6.45, 7) is 6.76. The lowest BCUT2D eigenvalue weighted by atomic mass is 10.1. The van der Waals surface area contributed by atoms with Gasteiger partial charge in [-0.05, 0) is 38.5 Å². The minimum Gasteiger partial charge on any atom is -0.491 e. The first kappa shape index (κ1) is 14.3. The van der Waals surface area contributed by atoms with E-state index in [1.807, 2.05) is 49.8 Å². The third-order valence-corrected chi connectivity index (χ3v) is 2.90. The molecule has 0 saturated carbocycles. The summed E-state index contributed by atoms with van der Waals surface area (Å²) in [5, 5.41) is 4.18. The minimum absolute atomic E-state index is 0.0786. The molecule has 0 amide bonds. The smallest absolute Gasteiger partial charge is 0.167 e. The molecule has 2 aromatic rings. The Hall–Kier alpha value is -2.10. The molecule has 0 spiro atoms. The number of ketones is 1. The van der Waals surface area contributed by atoms with Gasteiger partial charge in [-0.2, -0.15) is 5.10 Å². The summed E-state index contributed by atoms with van der Waals surface area (Å²) in [4.78, 5) is 12.3. The fourth-order valence-corrected chi connectivity index (χ4v) is 1.97. The summed E-state index contributed by atoms with van der Waals surface area (Å²) >= 11 is 0. The zero-order chi connectivity index (χ0) is 14.5. The fraction of sp³-hybridized carbons (Fsp3) is 0.375. The maximum absolute atomic E-state index is 12.3. The molecule has 0 aliphatic heterocycles. The highest BCUT2D eigenvalue weighted by Gasteiger charge is 2.10. The van der Waals surface area contributed by atoms with E-state index < -0.39 is 0 Å². The van der Waals surface area contributed by atoms with Crippen molar-refractivity contribution >= 4 is 5.78 Å². The third-order valence-electron chi connectivity index (χ3n) is 2.90. The van der Waals surface area contributed by atoms with Crippen LogP contribution in [0.1, 0.15) is 36.7 Å². The Bertz CT molecular complexity index is 588. The standard InChI is InChI=1S/C16H20N2O2/c1-4-18-11-13(10-17-18)8-16(19)14-6-5-7-15(9-14)20-12(2)3/h5-7,9-12H,4,8H2,1-3H3. The van der Waals surface area contributed by atoms with Gasteiger partial charge in [0.05, 0.1) is 12.3 Å². The van der Waals surface area contributed by atoms with Gasteiger partial charge in [-0.1, -0.05) is 12.1 Å². The van der Waals surface area contributed by atoms with Crippen molar-refractivity contribution in [2.75, 3.05) is 0 Å². The average Bonchev–Trinajstić information content (AvgIpc) is 2.86. The Kier molecular flexibility index (Phi) is 4.56. The Morgan fingerprint density at radius 3 is 2.85 bits per heavy atom. The van der Waals surface area contributed by atoms with E-state index in [0.29, 0.717) is 12.0 Å². The number of aryl methyl sites for hydroxylation is 1. The Morgan fingerprint density at radius 2 is 2.20 bits per heavy atom. The van der Waals surface area contributed by atoms with Crippen molar-refractivity contribution in [1.29, 1.82) is 0 Å². The van der Waals surface area contributed by atoms with Crippen LogP contribution in [0.15, 0.2) is 36.7 Å². The monoisotopic (exact) mass is 272 g/mol. The van der Waals surface area contributed by atoms with E-state index in [1.54, 1.807) is 12.3 Å². The van der Waals surface area contributed by atoms with Gasteiger partial charge in [-0.25, -0.2) is 0 Å². The van der Waals surface area contributed by atoms with E-state index in [9.17, 15) is 4.79 Å². The van der Waals surface area contributed by atoms with Crippen LogP contribution in [-0.2, 0) is 13.0 Å². The first-order valence-electron chi connectivity index (χ1n) is 6.89. The third kappa shape index (κ3) is 3.70. The van der Waals surface area contributed by atoms with E-state index in [-0.39, 0.29) is 11.9 Å². The number of hydrogen-bond donors (Lipinski definition) is 0. The predicted molar refractivity (Wildman–Crippen MR) is 78.1 cm³/mol. The second-order valence-corrected chi connectivity index (χ2v) is 5.00. The fourth-order valence-electron chi connectivity index (χ4n) is 1.97. The molecular formula is C16H20N2O2. The molecule has 0 unspecified atom stereocenters. The average molecular weight is 272 g/mol. The van der Waals surface area contributed by atoms with Crippen LogP contribution in [-0.4, -0.2) is 21.7 Å². The molecule has 0 atom stereocenters. The molecule has 0 saturated heterocycles. The van der Waals surface area contributed by atoms with E-state index in [2.05, 4.69) is 5.10 Å². The Labute approximate surface area is 119 Å². The van der Waals surface area contributed by atoms with Gasteiger partial charge in [-0.3, -0.25) is 9.48 Å². The lowest BCUT2D eigenvalue weighted by Crippen LogP contribution is -2.07. The number of ether oxygens (including phenoxy) is 1. The quantitative estimate of drug-likeness (QED) is 0.759. The molecule has 4 heteroatoms. The topological polar surface area (TPSA) is 44.1 Å². The van der Waals surface area contributed by atoms with E-state index >= 15 is 0 Å². The van der Waals surface area contributed by atoms with Crippen molar-refractivity contribution in [2.24, 2.45) is 0 Å². The maximum Gasteiger partial charge on any atom is 0.167 e. The molecule has 0 bridgehead atoms. The number of rotatable bonds is 6. The number of benzene rings is 1. The molecule has 0 aliphatic rings. The van der Waals surface area contributed by atoms with Gasteiger partial charge >= 0.3 is 0 Å². The van der Waals surface area contributed by atoms with Gasteiger partial charge in [0.2, 0.25) is 0 Å². The summed E-state index contributed by atoms with van der Waals surface area (Å²) in [6.07, 6.45) is 4.12. The molecule has 0 aliphatic carbocycles. The number of carbonyl (C=O) groups excluding carboxylic acids is 1. The second-order valence-electron chi connectivity index (χ2n) is 5.00. The van der Waals surface area contributed by atoms with Crippen LogP contribution in [0.5, 0.6) is 5.75 Å². The molecule has 1 heterocycles. The van der Waals surface area contributed by atoms with Crippen molar-refractivity contribution in [3.63, 3.8) is 0 Å². The second kappa shape index (κ2) is 6.37. The highest BCUT2D eigenvalue weighted by molar-refractivity contribution is 5.97. The molecule has 0 fully saturated rings. The largest absolute Gasteiger partial charge is 0.491 e. The van der Waals surface area contributed by atoms with Gasteiger partial charge in [0, 0.05) is 24.7 Å². The Balaban J connectivity index is 2.08. The van der Waals surface area contributed by atoms with Crippen LogP contribution in [0, 0.1) is 0 Å². The van der Waals surface area contributed by atoms with Crippen molar-refractivity contribution < 1.29 is 9.53 Å². The van der Waals surface area contributed by atoms with Crippen molar-refractivity contribution in [1.82, 2.24) is 9.78 Å². The molecule has 2 rings (SSSR count). The molecule has 4 nitrogen and oxygen atoms in total. The van der Waals surface area contributed by atoms with Crippen molar-refractivity contribution in [3.05, 3.63) is 47.8 Å². The summed E-state index contributed by atoms with van der Waals surface area (Å²) in [5.41, 5.74) is 1.61. The van der Waals surface area contributed by atoms with Crippen LogP contribution in [0.4, 0.5) is 0 Å². The van der Waals surface area contributed by atoms with E-state index in [4.69, 9.17) is 4.74 Å². The number of nitrogens with zero attached hydrogens (tertiary/aromatic N) is 2. The highest BCUT2D eigenvalue weighted by Crippen LogP contribution is 2.16. The van der Waals surface area contributed by atoms with Gasteiger partial charge < -0.3 is 4.74 Å². The molecule has 1 aromatic carbocycles. The number of aromatic nitrogens is 2. The molecular weight excluding hydrogens is 252 g/mol. The molecule has 106 valence electrons. The van der Waals surface area contributed by atoms with Crippen molar-refractivity contribution in [3.8, 4) is 5.75 Å². The van der Waals surface area contributed by atoms with Crippen LogP contribution < -0.4 is 4.74 Å². The molecule has 20 heavy (non-hydrogen) atoms. The molecule has 0 N–H and O–H groups in total. The zero-order valence-corrected chi connectivity index (χ0v) is 12.2. The van der Waals surface area contributed by atoms with Gasteiger partial charge in [0.25, 0.3) is 0 Å². The summed E-state index contributed by atoms with van der Waals surface area (Å²) in [7, 11) is 0. The SMILES string of the molecule is CCn1cc(CC(=O)c2cccc(OC(C)C)c2)cn1. The lowest BCUT2D eigenvalue weighted by Gasteiger charge is -2.10. The number of Topliss-reactive ketones (excluding diaryl/α,β-unsaturated/α-hetero) is 1. The maximum atomic E-state index is 12.3. The zero-order valence-electron chi connectivity index (χ0n) is 12.2. The van der Waals surface area contributed by atoms with Crippen LogP contribution in [0.2, 0.25) is 0 Å². The van der Waals surface area contributed by atoms with E-state index in [1.165, 1.54) is 0 Å². The minimum atomic E-state index is 0.0786. The van der Waals surface area contributed by atoms with E-state index in [0.717, 1.165) is 17.9 Å². The van der Waals surface area contributed by atoms with Gasteiger partial charge in [0.1, 0.15) is 5.75 Å².